The molecule has 1 unspecified atom stereocenters. The third kappa shape index (κ3) is 7.20. The van der Waals surface area contributed by atoms with Crippen molar-refractivity contribution in [3.63, 3.8) is 0 Å². The second kappa shape index (κ2) is 10.5. The summed E-state index contributed by atoms with van der Waals surface area (Å²) in [5.74, 6) is -0.459. The zero-order chi connectivity index (χ0) is 27.8. The summed E-state index contributed by atoms with van der Waals surface area (Å²) in [5.41, 5.74) is -1.16. The van der Waals surface area contributed by atoms with Crippen molar-refractivity contribution in [2.45, 2.75) is 96.2 Å². The van der Waals surface area contributed by atoms with E-state index >= 15 is 0 Å². The van der Waals surface area contributed by atoms with Gasteiger partial charge in [0.05, 0.1) is 17.0 Å². The second-order valence-electron chi connectivity index (χ2n) is 11.8. The summed E-state index contributed by atoms with van der Waals surface area (Å²) in [6.45, 7) is 15.4. The van der Waals surface area contributed by atoms with E-state index in [-0.39, 0.29) is 22.7 Å². The zero-order valence-electron chi connectivity index (χ0n) is 23.0. The minimum absolute atomic E-state index is 0.101. The molecule has 2 saturated heterocycles. The van der Waals surface area contributed by atoms with Crippen molar-refractivity contribution >= 4 is 34.4 Å². The molecule has 2 fully saturated rings. The van der Waals surface area contributed by atoms with Crippen molar-refractivity contribution in [1.82, 2.24) is 20.2 Å². The first kappa shape index (κ1) is 29.3. The summed E-state index contributed by atoms with van der Waals surface area (Å²) in [4.78, 5) is 34.5. The van der Waals surface area contributed by atoms with Gasteiger partial charge in [-0.25, -0.2) is 23.2 Å². The lowest BCUT2D eigenvalue weighted by molar-refractivity contribution is -0.134. The van der Waals surface area contributed by atoms with Crippen LogP contribution >= 0.6 is 0 Å². The molecule has 2 aliphatic rings. The molecule has 2 aliphatic heterocycles. The quantitative estimate of drug-likeness (QED) is 0.424. The van der Waals surface area contributed by atoms with Crippen LogP contribution in [0.4, 0.5) is 4.79 Å². The number of nitrogens with one attached hydrogen (secondary N) is 1. The highest BCUT2D eigenvalue weighted by Crippen LogP contribution is 2.36. The van der Waals surface area contributed by atoms with Crippen molar-refractivity contribution < 1.29 is 32.1 Å². The normalized spacial score (nSPS) is 21.0. The smallest absolute Gasteiger partial charge is 0.444 e. The molecule has 206 valence electrons. The molecule has 2 amide bonds. The first-order valence-corrected chi connectivity index (χ1v) is 14.2. The molecule has 0 aliphatic carbocycles. The molecule has 3 rings (SSSR count). The molecular weight excluding hydrogens is 499 g/mol. The summed E-state index contributed by atoms with van der Waals surface area (Å²) in [5, 5.41) is 2.32. The van der Waals surface area contributed by atoms with Crippen LogP contribution in [0.2, 0.25) is 0 Å². The highest BCUT2D eigenvalue weighted by molar-refractivity contribution is 7.91. The molecule has 0 spiro atoms. The Kier molecular flexibility index (Phi) is 8.31. The Morgan fingerprint density at radius 1 is 1.14 bits per heavy atom. The standard InChI is InChI=1S/C24H39BN4O7S/c1-16(28-21(31)34-22(2,3)4)19(30)29-11-9-17(10-12-29)15-37(32,33)20-26-13-18(14-27-20)25-35-23(5,6)24(7,8)36-25/h13-14,16-17H,9-12,15H2,1-8H3,(H,28,31). The number of likely N-dealkylation sites (tertiary alicyclic amines) is 1. The first-order valence-electron chi connectivity index (χ1n) is 12.6. The maximum Gasteiger partial charge on any atom is 0.498 e. The molecule has 1 atom stereocenters. The molecule has 0 aromatic carbocycles. The molecule has 3 heterocycles. The van der Waals surface area contributed by atoms with E-state index < -0.39 is 45.9 Å². The van der Waals surface area contributed by atoms with Gasteiger partial charge in [0, 0.05) is 30.9 Å². The van der Waals surface area contributed by atoms with E-state index in [9.17, 15) is 18.0 Å². The number of ether oxygens (including phenoxy) is 1. The topological polar surface area (TPSA) is 137 Å². The van der Waals surface area contributed by atoms with Crippen LogP contribution in [0.25, 0.3) is 0 Å². The number of hydrogen-bond donors (Lipinski definition) is 1. The third-order valence-electron chi connectivity index (χ3n) is 6.94. The van der Waals surface area contributed by atoms with Gasteiger partial charge in [0.1, 0.15) is 11.6 Å². The fourth-order valence-corrected chi connectivity index (χ4v) is 5.64. The third-order valence-corrected chi connectivity index (χ3v) is 8.61. The van der Waals surface area contributed by atoms with Gasteiger partial charge in [-0.1, -0.05) is 0 Å². The molecule has 0 radical (unpaired) electrons. The van der Waals surface area contributed by atoms with E-state index in [1.165, 1.54) is 12.4 Å². The van der Waals surface area contributed by atoms with Crippen molar-refractivity contribution in [1.29, 1.82) is 0 Å². The van der Waals surface area contributed by atoms with Crippen molar-refractivity contribution in [3.8, 4) is 0 Å². The van der Waals surface area contributed by atoms with Gasteiger partial charge in [0.2, 0.25) is 20.9 Å². The minimum Gasteiger partial charge on any atom is -0.444 e. The van der Waals surface area contributed by atoms with Crippen LogP contribution in [-0.2, 0) is 28.7 Å². The molecule has 1 aromatic rings. The largest absolute Gasteiger partial charge is 0.498 e. The van der Waals surface area contributed by atoms with Gasteiger partial charge in [-0.2, -0.15) is 0 Å². The van der Waals surface area contributed by atoms with Crippen LogP contribution in [0, 0.1) is 5.92 Å². The number of hydrogen-bond acceptors (Lipinski definition) is 9. The fourth-order valence-electron chi connectivity index (χ4n) is 4.11. The van der Waals surface area contributed by atoms with Crippen LogP contribution < -0.4 is 10.8 Å². The Balaban J connectivity index is 1.52. The Hall–Kier alpha value is -2.25. The van der Waals surface area contributed by atoms with Gasteiger partial charge in [-0.05, 0) is 74.1 Å². The van der Waals surface area contributed by atoms with Gasteiger partial charge in [-0.15, -0.1) is 0 Å². The van der Waals surface area contributed by atoms with Crippen molar-refractivity contribution in [2.75, 3.05) is 18.8 Å². The number of piperidine rings is 1. The van der Waals surface area contributed by atoms with Gasteiger partial charge in [0.15, 0.2) is 0 Å². The lowest BCUT2D eigenvalue weighted by Crippen LogP contribution is -2.50. The maximum absolute atomic E-state index is 13.0. The average molecular weight is 538 g/mol. The molecule has 0 saturated carbocycles. The minimum atomic E-state index is -3.71. The van der Waals surface area contributed by atoms with E-state index in [0.717, 1.165) is 0 Å². The second-order valence-corrected chi connectivity index (χ2v) is 13.7. The van der Waals surface area contributed by atoms with E-state index in [2.05, 4.69) is 15.3 Å². The highest BCUT2D eigenvalue weighted by atomic mass is 32.2. The molecule has 11 nitrogen and oxygen atoms in total. The number of rotatable bonds is 6. The molecule has 37 heavy (non-hydrogen) atoms. The molecular formula is C24H39BN4O7S. The number of aromatic nitrogens is 2. The van der Waals surface area contributed by atoms with Gasteiger partial charge >= 0.3 is 13.2 Å². The van der Waals surface area contributed by atoms with E-state index in [0.29, 0.717) is 31.4 Å². The zero-order valence-corrected chi connectivity index (χ0v) is 23.8. The van der Waals surface area contributed by atoms with Gasteiger partial charge < -0.3 is 24.3 Å². The summed E-state index contributed by atoms with van der Waals surface area (Å²) < 4.78 is 43.1. The lowest BCUT2D eigenvalue weighted by Gasteiger charge is -2.33. The Labute approximate surface area is 220 Å². The van der Waals surface area contributed by atoms with E-state index in [1.54, 1.807) is 32.6 Å². The van der Waals surface area contributed by atoms with Crippen LogP contribution in [0.5, 0.6) is 0 Å². The van der Waals surface area contributed by atoms with Crippen LogP contribution in [0.1, 0.15) is 68.2 Å². The number of nitrogens with zero attached hydrogens (tertiary/aromatic N) is 3. The van der Waals surface area contributed by atoms with E-state index in [1.807, 2.05) is 27.7 Å². The average Bonchev–Trinajstić information content (AvgIpc) is 2.99. The number of carbonyl (C=O) groups excluding carboxylic acids is 2. The summed E-state index contributed by atoms with van der Waals surface area (Å²) in [6, 6.07) is -0.744. The summed E-state index contributed by atoms with van der Waals surface area (Å²) in [7, 11) is -4.38. The van der Waals surface area contributed by atoms with Crippen molar-refractivity contribution in [3.05, 3.63) is 12.4 Å². The van der Waals surface area contributed by atoms with Gasteiger partial charge in [-0.3, -0.25) is 4.79 Å². The number of amides is 2. The number of sulfone groups is 1. The van der Waals surface area contributed by atoms with E-state index in [4.69, 9.17) is 14.0 Å². The Morgan fingerprint density at radius 2 is 1.65 bits per heavy atom. The predicted molar refractivity (Wildman–Crippen MR) is 138 cm³/mol. The first-order chi connectivity index (χ1) is 16.9. The van der Waals surface area contributed by atoms with Gasteiger partial charge in [0.25, 0.3) is 0 Å². The summed E-state index contributed by atoms with van der Waals surface area (Å²) >= 11 is 0. The Morgan fingerprint density at radius 3 is 2.14 bits per heavy atom. The Bertz CT molecular complexity index is 1080. The predicted octanol–water partition coefficient (Wildman–Crippen LogP) is 1.70. The number of carbonyl (C=O) groups is 2. The van der Waals surface area contributed by atoms with Crippen LogP contribution in [0.15, 0.2) is 17.6 Å². The fraction of sp³-hybridized carbons (Fsp3) is 0.750. The SMILES string of the molecule is CC(NC(=O)OC(C)(C)C)C(=O)N1CCC(CS(=O)(=O)c2ncc(B3OC(C)(C)C(C)(C)O3)cn2)CC1. The van der Waals surface area contributed by atoms with Crippen LogP contribution in [0.3, 0.4) is 0 Å². The monoisotopic (exact) mass is 538 g/mol. The maximum atomic E-state index is 13.0. The van der Waals surface area contributed by atoms with Crippen molar-refractivity contribution in [2.24, 2.45) is 5.92 Å². The molecule has 13 heteroatoms. The molecule has 0 bridgehead atoms. The molecule has 1 aromatic heterocycles. The van der Waals surface area contributed by atoms with Crippen LogP contribution in [-0.4, -0.2) is 84.1 Å². The molecule has 1 N–H and O–H groups in total. The highest BCUT2D eigenvalue weighted by Gasteiger charge is 2.52. The summed E-state index contributed by atoms with van der Waals surface area (Å²) in [6.07, 6.45) is 3.26. The lowest BCUT2D eigenvalue weighted by atomic mass is 9.81. The number of alkyl carbamates (subject to hydrolysis) is 1.